The molecule has 4 rings (SSSR count). The molecule has 0 bridgehead atoms. The van der Waals surface area contributed by atoms with E-state index in [-0.39, 0.29) is 5.92 Å². The number of piperazine rings is 1. The number of nitrogen functional groups attached to an aromatic ring is 1. The van der Waals surface area contributed by atoms with Crippen molar-refractivity contribution >= 4 is 17.6 Å². The minimum absolute atomic E-state index is 0.270. The van der Waals surface area contributed by atoms with E-state index in [0.29, 0.717) is 11.7 Å². The van der Waals surface area contributed by atoms with Crippen LogP contribution in [0.3, 0.4) is 0 Å². The van der Waals surface area contributed by atoms with Gasteiger partial charge in [0.2, 0.25) is 0 Å². The van der Waals surface area contributed by atoms with E-state index in [4.69, 9.17) is 15.2 Å². The van der Waals surface area contributed by atoms with Crippen LogP contribution < -0.4 is 15.4 Å². The lowest BCUT2D eigenvalue weighted by molar-refractivity contribution is 0.0672. The van der Waals surface area contributed by atoms with Gasteiger partial charge in [0.15, 0.2) is 0 Å². The Hall–Kier alpha value is -2.03. The Labute approximate surface area is 186 Å². The molecule has 8 nitrogen and oxygen atoms in total. The van der Waals surface area contributed by atoms with Gasteiger partial charge >= 0.3 is 0 Å². The maximum atomic E-state index is 6.27. The van der Waals surface area contributed by atoms with E-state index in [1.165, 1.54) is 37.2 Å². The molecule has 3 heterocycles. The van der Waals surface area contributed by atoms with Crippen molar-refractivity contribution in [2.45, 2.75) is 24.8 Å². The summed E-state index contributed by atoms with van der Waals surface area (Å²) >= 11 is 0. The van der Waals surface area contributed by atoms with Crippen LogP contribution in [0.1, 0.15) is 24.3 Å². The van der Waals surface area contributed by atoms with Gasteiger partial charge in [0.1, 0.15) is 5.75 Å². The molecule has 0 radical (unpaired) electrons. The Morgan fingerprint density at radius 3 is 2.42 bits per heavy atom. The van der Waals surface area contributed by atoms with Crippen LogP contribution in [0.5, 0.6) is 5.75 Å². The minimum atomic E-state index is 0.270. The van der Waals surface area contributed by atoms with Crippen LogP contribution in [0.25, 0.3) is 0 Å². The summed E-state index contributed by atoms with van der Waals surface area (Å²) < 4.78 is 10.8. The Morgan fingerprint density at radius 1 is 1.06 bits per heavy atom. The van der Waals surface area contributed by atoms with Crippen molar-refractivity contribution in [1.82, 2.24) is 14.8 Å². The fraction of sp³-hybridized carbons (Fsp3) is 0.696. The number of ether oxygens (including phenoxy) is 2. The van der Waals surface area contributed by atoms with Crippen molar-refractivity contribution in [1.29, 1.82) is 0 Å². The van der Waals surface area contributed by atoms with E-state index in [1.807, 2.05) is 18.3 Å². The second-order valence-electron chi connectivity index (χ2n) is 8.95. The molecule has 0 saturated carbocycles. The van der Waals surface area contributed by atoms with Crippen molar-refractivity contribution in [2.24, 2.45) is 5.10 Å². The number of piperidine rings is 1. The molecule has 1 aromatic carbocycles. The highest BCUT2D eigenvalue weighted by atomic mass is 16.5. The molecule has 3 aliphatic heterocycles. The highest BCUT2D eigenvalue weighted by molar-refractivity contribution is 5.78. The number of hydrogen-bond acceptors (Lipinski definition) is 8. The fourth-order valence-electron chi connectivity index (χ4n) is 5.15. The maximum absolute atomic E-state index is 6.27. The number of likely N-dealkylation sites (N-methyl/N-ethyl adjacent to an activating group) is 1. The van der Waals surface area contributed by atoms with Crippen molar-refractivity contribution in [3.8, 4) is 5.75 Å². The first-order chi connectivity index (χ1) is 15.1. The highest BCUT2D eigenvalue weighted by Crippen LogP contribution is 2.38. The van der Waals surface area contributed by atoms with Crippen molar-refractivity contribution < 1.29 is 9.47 Å². The lowest BCUT2D eigenvalue weighted by atomic mass is 9.94. The zero-order valence-corrected chi connectivity index (χ0v) is 19.3. The van der Waals surface area contributed by atoms with E-state index < -0.39 is 0 Å². The zero-order chi connectivity index (χ0) is 21.8. The number of hydrogen-bond donors (Lipinski definition) is 1. The molecular weight excluding hydrogens is 392 g/mol. The molecule has 31 heavy (non-hydrogen) atoms. The number of benzene rings is 1. The number of nitrogens with zero attached hydrogens (tertiary/aromatic N) is 5. The molecule has 3 aliphatic rings. The average Bonchev–Trinajstić information content (AvgIpc) is 3.24. The van der Waals surface area contributed by atoms with E-state index in [9.17, 15) is 0 Å². The molecule has 1 unspecified atom stereocenters. The predicted molar refractivity (Wildman–Crippen MR) is 126 cm³/mol. The molecule has 2 N–H and O–H groups in total. The lowest BCUT2D eigenvalue weighted by Gasteiger charge is -2.43. The van der Waals surface area contributed by atoms with Gasteiger partial charge in [0, 0.05) is 96.4 Å². The molecule has 2 saturated heterocycles. The molecule has 1 aromatic rings. The average molecular weight is 431 g/mol. The normalized spacial score (nSPS) is 23.6. The van der Waals surface area contributed by atoms with Crippen LogP contribution in [-0.4, -0.2) is 107 Å². The summed E-state index contributed by atoms with van der Waals surface area (Å²) in [7, 11) is 5.49. The maximum Gasteiger partial charge on any atom is 0.143 e. The first-order valence-electron chi connectivity index (χ1n) is 11.5. The fourth-order valence-corrected chi connectivity index (χ4v) is 5.15. The van der Waals surface area contributed by atoms with Gasteiger partial charge < -0.3 is 20.1 Å². The Balaban J connectivity index is 1.40. The molecule has 8 heteroatoms. The summed E-state index contributed by atoms with van der Waals surface area (Å²) in [5.74, 6) is 1.03. The summed E-state index contributed by atoms with van der Waals surface area (Å²) in [6.45, 7) is 9.53. The SMILES string of the molecule is COCCN1CCN(C2CCN(c3cc(OC)c(N)cc3C3C=NN(C)C3)CC2)CC1. The Kier molecular flexibility index (Phi) is 7.20. The summed E-state index contributed by atoms with van der Waals surface area (Å²) in [5.41, 5.74) is 9.48. The molecule has 172 valence electrons. The highest BCUT2D eigenvalue weighted by Gasteiger charge is 2.30. The molecular formula is C23H38N6O2. The molecule has 0 aliphatic carbocycles. The number of methoxy groups -OCH3 is 2. The number of nitrogens with two attached hydrogens (primary N) is 1. The molecule has 0 aromatic heterocycles. The van der Waals surface area contributed by atoms with Crippen molar-refractivity contribution in [2.75, 3.05) is 90.9 Å². The molecule has 0 amide bonds. The Bertz CT molecular complexity index is 757. The van der Waals surface area contributed by atoms with Crippen LogP contribution in [0.2, 0.25) is 0 Å². The number of rotatable bonds is 7. The quantitative estimate of drug-likeness (QED) is 0.658. The summed E-state index contributed by atoms with van der Waals surface area (Å²) in [4.78, 5) is 7.74. The predicted octanol–water partition coefficient (Wildman–Crippen LogP) is 1.53. The van der Waals surface area contributed by atoms with Gasteiger partial charge in [-0.1, -0.05) is 0 Å². The largest absolute Gasteiger partial charge is 0.495 e. The van der Waals surface area contributed by atoms with Crippen molar-refractivity contribution in [3.63, 3.8) is 0 Å². The third-order valence-corrected chi connectivity index (χ3v) is 7.02. The van der Waals surface area contributed by atoms with Gasteiger partial charge in [0.25, 0.3) is 0 Å². The van der Waals surface area contributed by atoms with Gasteiger partial charge in [-0.25, -0.2) is 0 Å². The molecule has 0 spiro atoms. The summed E-state index contributed by atoms with van der Waals surface area (Å²) in [6.07, 6.45) is 4.44. The third kappa shape index (κ3) is 5.07. The van der Waals surface area contributed by atoms with Crippen LogP contribution in [0, 0.1) is 0 Å². The van der Waals surface area contributed by atoms with E-state index in [0.717, 1.165) is 51.6 Å². The van der Waals surface area contributed by atoms with Gasteiger partial charge in [-0.05, 0) is 24.5 Å². The van der Waals surface area contributed by atoms with Crippen LogP contribution >= 0.6 is 0 Å². The second-order valence-corrected chi connectivity index (χ2v) is 8.95. The van der Waals surface area contributed by atoms with E-state index in [1.54, 1.807) is 14.2 Å². The standard InChI is InChI=1S/C23H38N6O2/c1-26-17-18(16-25-26)20-14-21(24)23(31-3)15-22(20)29-6-4-19(5-7-29)28-10-8-27(9-11-28)12-13-30-2/h14-16,18-19H,4-13,17,24H2,1-3H3. The smallest absolute Gasteiger partial charge is 0.143 e. The van der Waals surface area contributed by atoms with Gasteiger partial charge in [-0.15, -0.1) is 0 Å². The Morgan fingerprint density at radius 2 is 1.81 bits per heavy atom. The van der Waals surface area contributed by atoms with Crippen LogP contribution in [-0.2, 0) is 4.74 Å². The zero-order valence-electron chi connectivity index (χ0n) is 19.3. The van der Waals surface area contributed by atoms with Crippen LogP contribution in [0.4, 0.5) is 11.4 Å². The lowest BCUT2D eigenvalue weighted by Crippen LogP contribution is -2.53. The van der Waals surface area contributed by atoms with E-state index >= 15 is 0 Å². The van der Waals surface area contributed by atoms with Gasteiger partial charge in [0.05, 0.1) is 19.4 Å². The number of hydrazone groups is 1. The van der Waals surface area contributed by atoms with E-state index in [2.05, 4.69) is 31.9 Å². The molecule has 2 fully saturated rings. The summed E-state index contributed by atoms with van der Waals surface area (Å²) in [5, 5.41) is 6.44. The monoisotopic (exact) mass is 430 g/mol. The van der Waals surface area contributed by atoms with Gasteiger partial charge in [-0.2, -0.15) is 5.10 Å². The topological polar surface area (TPSA) is 69.8 Å². The van der Waals surface area contributed by atoms with Crippen molar-refractivity contribution in [3.05, 3.63) is 17.7 Å². The van der Waals surface area contributed by atoms with Crippen LogP contribution in [0.15, 0.2) is 17.2 Å². The summed E-state index contributed by atoms with van der Waals surface area (Å²) in [6, 6.07) is 4.90. The second kappa shape index (κ2) is 10.1. The van der Waals surface area contributed by atoms with Gasteiger partial charge in [-0.3, -0.25) is 14.8 Å². The first-order valence-corrected chi connectivity index (χ1v) is 11.5. The number of anilines is 2. The first kappa shape index (κ1) is 22.2. The molecule has 1 atom stereocenters. The third-order valence-electron chi connectivity index (χ3n) is 7.02. The minimum Gasteiger partial charge on any atom is -0.495 e.